The molecular formula is C12H16N2O. The molecule has 2 saturated carbocycles. The molecule has 3 heteroatoms. The van der Waals surface area contributed by atoms with Gasteiger partial charge in [0.15, 0.2) is 5.78 Å². The standard InChI is InChI=1S/C12H16N2O/c1-14-10(6-7-13-14)12(15)11-8-4-2-3-5-9(8)11/h6-9,11H,2-5H2,1H3. The molecule has 0 radical (unpaired) electrons. The maximum atomic E-state index is 12.2. The molecule has 0 N–H and O–H groups in total. The largest absolute Gasteiger partial charge is 0.292 e. The highest BCUT2D eigenvalue weighted by Gasteiger charge is 2.54. The number of hydrogen-bond donors (Lipinski definition) is 0. The van der Waals surface area contributed by atoms with Crippen molar-refractivity contribution in [1.82, 2.24) is 9.78 Å². The van der Waals surface area contributed by atoms with Crippen molar-refractivity contribution >= 4 is 5.78 Å². The van der Waals surface area contributed by atoms with E-state index < -0.39 is 0 Å². The highest BCUT2D eigenvalue weighted by Crippen LogP contribution is 2.56. The van der Waals surface area contributed by atoms with Gasteiger partial charge in [-0.1, -0.05) is 12.8 Å². The molecule has 0 spiro atoms. The Kier molecular flexibility index (Phi) is 1.94. The number of hydrogen-bond acceptors (Lipinski definition) is 2. The van der Waals surface area contributed by atoms with Crippen LogP contribution in [0.25, 0.3) is 0 Å². The van der Waals surface area contributed by atoms with Gasteiger partial charge in [0.25, 0.3) is 0 Å². The van der Waals surface area contributed by atoms with Crippen molar-refractivity contribution < 1.29 is 4.79 Å². The molecule has 1 heterocycles. The molecule has 80 valence electrons. The zero-order valence-corrected chi connectivity index (χ0v) is 9.02. The van der Waals surface area contributed by atoms with E-state index in [0.717, 1.165) is 5.69 Å². The van der Waals surface area contributed by atoms with Crippen LogP contribution < -0.4 is 0 Å². The van der Waals surface area contributed by atoms with Gasteiger partial charge in [-0.3, -0.25) is 9.48 Å². The second kappa shape index (κ2) is 3.19. The van der Waals surface area contributed by atoms with Crippen LogP contribution in [0.15, 0.2) is 12.3 Å². The van der Waals surface area contributed by atoms with E-state index in [1.165, 1.54) is 25.7 Å². The second-order valence-corrected chi connectivity index (χ2v) is 4.84. The third kappa shape index (κ3) is 1.33. The molecule has 0 amide bonds. The van der Waals surface area contributed by atoms with Crippen LogP contribution in [0.3, 0.4) is 0 Å². The quantitative estimate of drug-likeness (QED) is 0.691. The van der Waals surface area contributed by atoms with Gasteiger partial charge in [0, 0.05) is 19.2 Å². The van der Waals surface area contributed by atoms with Gasteiger partial charge in [-0.25, -0.2) is 0 Å². The van der Waals surface area contributed by atoms with Gasteiger partial charge in [0.1, 0.15) is 5.69 Å². The highest BCUT2D eigenvalue weighted by molar-refractivity contribution is 5.98. The zero-order valence-electron chi connectivity index (χ0n) is 9.02. The molecule has 3 nitrogen and oxygen atoms in total. The SMILES string of the molecule is Cn1nccc1C(=O)C1C2CCCCC21. The molecule has 2 unspecified atom stereocenters. The number of Topliss-reactive ketones (excluding diaryl/α,β-unsaturated/α-hetero) is 1. The number of aromatic nitrogens is 2. The lowest BCUT2D eigenvalue weighted by Gasteiger charge is -2.04. The van der Waals surface area contributed by atoms with Crippen molar-refractivity contribution in [2.75, 3.05) is 0 Å². The first-order valence-corrected chi connectivity index (χ1v) is 5.81. The van der Waals surface area contributed by atoms with E-state index in [9.17, 15) is 4.79 Å². The third-order valence-electron chi connectivity index (χ3n) is 4.03. The summed E-state index contributed by atoms with van der Waals surface area (Å²) in [4.78, 5) is 12.2. The minimum atomic E-state index is 0.322. The van der Waals surface area contributed by atoms with Crippen LogP contribution in [0.1, 0.15) is 36.2 Å². The maximum absolute atomic E-state index is 12.2. The smallest absolute Gasteiger partial charge is 0.184 e. The normalized spacial score (nSPS) is 33.5. The number of fused-ring (bicyclic) bond motifs is 1. The molecule has 0 aliphatic heterocycles. The Morgan fingerprint density at radius 1 is 1.40 bits per heavy atom. The maximum Gasteiger partial charge on any atom is 0.184 e. The van der Waals surface area contributed by atoms with Crippen LogP contribution in [0.2, 0.25) is 0 Å². The van der Waals surface area contributed by atoms with Gasteiger partial charge in [-0.2, -0.15) is 5.10 Å². The Balaban J connectivity index is 1.79. The van der Waals surface area contributed by atoms with Crippen molar-refractivity contribution in [3.63, 3.8) is 0 Å². The molecule has 0 aromatic carbocycles. The van der Waals surface area contributed by atoms with Gasteiger partial charge in [-0.15, -0.1) is 0 Å². The summed E-state index contributed by atoms with van der Waals surface area (Å²) in [7, 11) is 1.85. The molecule has 2 atom stereocenters. The monoisotopic (exact) mass is 204 g/mol. The first kappa shape index (κ1) is 9.13. The summed E-state index contributed by atoms with van der Waals surface area (Å²) < 4.78 is 1.70. The molecule has 1 aromatic heterocycles. The summed E-state index contributed by atoms with van der Waals surface area (Å²) in [5.41, 5.74) is 0.786. The van der Waals surface area contributed by atoms with Gasteiger partial charge in [-0.05, 0) is 30.7 Å². The molecule has 3 rings (SSSR count). The Hall–Kier alpha value is -1.12. The summed E-state index contributed by atoms with van der Waals surface area (Å²) in [5, 5.41) is 4.06. The minimum absolute atomic E-state index is 0.322. The van der Waals surface area contributed by atoms with Crippen LogP contribution in [-0.2, 0) is 7.05 Å². The number of carbonyl (C=O) groups is 1. The van der Waals surface area contributed by atoms with Gasteiger partial charge in [0.2, 0.25) is 0 Å². The summed E-state index contributed by atoms with van der Waals surface area (Å²) in [6.45, 7) is 0. The fraction of sp³-hybridized carbons (Fsp3) is 0.667. The predicted octanol–water partition coefficient (Wildman–Crippen LogP) is 2.04. The van der Waals surface area contributed by atoms with Crippen LogP contribution in [0, 0.1) is 17.8 Å². The Morgan fingerprint density at radius 3 is 2.60 bits per heavy atom. The van der Waals surface area contributed by atoms with Gasteiger partial charge >= 0.3 is 0 Å². The number of rotatable bonds is 2. The fourth-order valence-corrected chi connectivity index (χ4v) is 3.17. The molecule has 0 bridgehead atoms. The van der Waals surface area contributed by atoms with Crippen LogP contribution in [0.5, 0.6) is 0 Å². The zero-order chi connectivity index (χ0) is 10.4. The molecule has 2 aliphatic rings. The molecule has 1 aromatic rings. The van der Waals surface area contributed by atoms with Crippen molar-refractivity contribution in [2.45, 2.75) is 25.7 Å². The van der Waals surface area contributed by atoms with E-state index >= 15 is 0 Å². The van der Waals surface area contributed by atoms with Crippen molar-refractivity contribution in [1.29, 1.82) is 0 Å². The lowest BCUT2D eigenvalue weighted by molar-refractivity contribution is 0.0947. The first-order chi connectivity index (χ1) is 7.29. The first-order valence-electron chi connectivity index (χ1n) is 5.81. The van der Waals surface area contributed by atoms with Crippen molar-refractivity contribution in [2.24, 2.45) is 24.8 Å². The Morgan fingerprint density at radius 2 is 2.07 bits per heavy atom. The average molecular weight is 204 g/mol. The van der Waals surface area contributed by atoms with Crippen molar-refractivity contribution in [3.8, 4) is 0 Å². The summed E-state index contributed by atoms with van der Waals surface area (Å²) in [5.74, 6) is 2.04. The van der Waals surface area contributed by atoms with E-state index in [1.807, 2.05) is 13.1 Å². The number of aryl methyl sites for hydroxylation is 1. The summed E-state index contributed by atoms with van der Waals surface area (Å²) in [6.07, 6.45) is 6.86. The van der Waals surface area contributed by atoms with Crippen molar-refractivity contribution in [3.05, 3.63) is 18.0 Å². The number of ketones is 1. The topological polar surface area (TPSA) is 34.9 Å². The molecule has 2 fully saturated rings. The lowest BCUT2D eigenvalue weighted by Crippen LogP contribution is -2.10. The van der Waals surface area contributed by atoms with Crippen LogP contribution in [0.4, 0.5) is 0 Å². The minimum Gasteiger partial charge on any atom is -0.292 e. The second-order valence-electron chi connectivity index (χ2n) is 4.84. The molecular weight excluding hydrogens is 188 g/mol. The Bertz CT molecular complexity index is 384. The predicted molar refractivity (Wildman–Crippen MR) is 56.5 cm³/mol. The third-order valence-corrected chi connectivity index (χ3v) is 4.03. The van der Waals surface area contributed by atoms with E-state index in [-0.39, 0.29) is 0 Å². The lowest BCUT2D eigenvalue weighted by atomic mass is 10.0. The van der Waals surface area contributed by atoms with E-state index in [2.05, 4.69) is 5.10 Å². The number of carbonyl (C=O) groups excluding carboxylic acids is 1. The Labute approximate surface area is 89.5 Å². The van der Waals surface area contributed by atoms with Gasteiger partial charge in [0.05, 0.1) is 0 Å². The summed E-state index contributed by atoms with van der Waals surface area (Å²) in [6, 6.07) is 1.84. The van der Waals surface area contributed by atoms with Gasteiger partial charge < -0.3 is 0 Å². The summed E-state index contributed by atoms with van der Waals surface area (Å²) >= 11 is 0. The fourth-order valence-electron chi connectivity index (χ4n) is 3.17. The number of nitrogens with zero attached hydrogens (tertiary/aromatic N) is 2. The molecule has 15 heavy (non-hydrogen) atoms. The van der Waals surface area contributed by atoms with E-state index in [1.54, 1.807) is 10.9 Å². The van der Waals surface area contributed by atoms with Crippen LogP contribution >= 0.6 is 0 Å². The van der Waals surface area contributed by atoms with E-state index in [0.29, 0.717) is 23.5 Å². The molecule has 0 saturated heterocycles. The molecule has 2 aliphatic carbocycles. The highest BCUT2D eigenvalue weighted by atomic mass is 16.1. The van der Waals surface area contributed by atoms with Crippen LogP contribution in [-0.4, -0.2) is 15.6 Å². The van der Waals surface area contributed by atoms with E-state index in [4.69, 9.17) is 0 Å². The average Bonchev–Trinajstić information content (AvgIpc) is 2.83.